The quantitative estimate of drug-likeness (QED) is 0.345. The number of aromatic nitrogens is 1. The maximum Gasteiger partial charge on any atom is 0.0346 e. The van der Waals surface area contributed by atoms with Crippen LogP contribution < -0.4 is 0 Å². The Morgan fingerprint density at radius 3 is 2.71 bits per heavy atom. The lowest BCUT2D eigenvalue weighted by Gasteiger charge is -2.07. The largest absolute Gasteiger partial charge is 0.264 e. The minimum absolute atomic E-state index is 1.21. The smallest absolute Gasteiger partial charge is 0.0346 e. The van der Waals surface area contributed by atoms with E-state index >= 15 is 0 Å². The molecular formula is C20H13N. The zero-order valence-electron chi connectivity index (χ0n) is 11.7. The van der Waals surface area contributed by atoms with Gasteiger partial charge in [0.05, 0.1) is 0 Å². The van der Waals surface area contributed by atoms with Crippen molar-refractivity contribution >= 4 is 21.5 Å². The van der Waals surface area contributed by atoms with Crippen LogP contribution in [-0.2, 0) is 0 Å². The summed E-state index contributed by atoms with van der Waals surface area (Å²) in [6, 6.07) is 17.7. The van der Waals surface area contributed by atoms with Gasteiger partial charge in [0.25, 0.3) is 0 Å². The Morgan fingerprint density at radius 2 is 1.76 bits per heavy atom. The lowest BCUT2D eigenvalue weighted by atomic mass is 9.96. The summed E-state index contributed by atoms with van der Waals surface area (Å²) in [6.07, 6.45) is 3.85. The molecule has 0 amide bonds. The van der Waals surface area contributed by atoms with Crippen molar-refractivity contribution in [1.82, 2.24) is 4.98 Å². The molecule has 1 aliphatic rings. The van der Waals surface area contributed by atoms with Crippen LogP contribution in [-0.4, -0.2) is 4.98 Å². The highest BCUT2D eigenvalue weighted by Crippen LogP contribution is 2.50. The molecule has 0 atom stereocenters. The van der Waals surface area contributed by atoms with Crippen LogP contribution in [0.5, 0.6) is 0 Å². The molecule has 21 heavy (non-hydrogen) atoms. The van der Waals surface area contributed by atoms with Crippen molar-refractivity contribution in [2.24, 2.45) is 0 Å². The molecule has 1 nitrogen and oxygen atoms in total. The molecule has 1 heterocycles. The number of rotatable bonds is 0. The third kappa shape index (κ3) is 1.33. The fraction of sp³-hybridized carbons (Fsp3) is 0.0500. The molecule has 0 saturated heterocycles. The second-order valence-electron chi connectivity index (χ2n) is 5.80. The van der Waals surface area contributed by atoms with Crippen molar-refractivity contribution in [1.29, 1.82) is 0 Å². The molecule has 0 aliphatic heterocycles. The summed E-state index contributed by atoms with van der Waals surface area (Å²) >= 11 is 0. The first-order valence-corrected chi connectivity index (χ1v) is 7.24. The highest BCUT2D eigenvalue weighted by Gasteiger charge is 2.23. The molecule has 0 saturated carbocycles. The number of benzene rings is 3. The molecule has 0 spiro atoms. The van der Waals surface area contributed by atoms with Crippen LogP contribution in [0, 0.1) is 6.92 Å². The van der Waals surface area contributed by atoms with E-state index in [1.807, 2.05) is 12.4 Å². The third-order valence-electron chi connectivity index (χ3n) is 4.51. The lowest BCUT2D eigenvalue weighted by molar-refractivity contribution is 1.37. The first kappa shape index (κ1) is 11.0. The Balaban J connectivity index is 2.12. The predicted molar refractivity (Wildman–Crippen MR) is 88.4 cm³/mol. The van der Waals surface area contributed by atoms with Crippen LogP contribution in [0.2, 0.25) is 0 Å². The first-order chi connectivity index (χ1) is 10.3. The average Bonchev–Trinajstić information content (AvgIpc) is 2.84. The molecule has 4 aromatic rings. The zero-order valence-corrected chi connectivity index (χ0v) is 11.7. The van der Waals surface area contributed by atoms with Gasteiger partial charge >= 0.3 is 0 Å². The molecule has 0 N–H and O–H groups in total. The van der Waals surface area contributed by atoms with Crippen molar-refractivity contribution in [2.45, 2.75) is 6.92 Å². The SMILES string of the molecule is Cc1ccc2c(c1)-c1c3ccncc3cc3cccc-2c13. The third-order valence-corrected chi connectivity index (χ3v) is 4.51. The van der Waals surface area contributed by atoms with Crippen molar-refractivity contribution in [3.63, 3.8) is 0 Å². The number of nitrogens with zero attached hydrogens (tertiary/aromatic N) is 1. The molecule has 0 unspecified atom stereocenters. The van der Waals surface area contributed by atoms with Crippen LogP contribution in [0.3, 0.4) is 0 Å². The zero-order chi connectivity index (χ0) is 14.0. The summed E-state index contributed by atoms with van der Waals surface area (Å²) in [4.78, 5) is 4.29. The second kappa shape index (κ2) is 3.70. The topological polar surface area (TPSA) is 12.9 Å². The number of pyridine rings is 1. The van der Waals surface area contributed by atoms with Crippen molar-refractivity contribution in [3.05, 3.63) is 66.5 Å². The molecule has 1 aromatic heterocycles. The Hall–Kier alpha value is -2.67. The minimum atomic E-state index is 1.21. The van der Waals surface area contributed by atoms with Gasteiger partial charge in [-0.15, -0.1) is 0 Å². The van der Waals surface area contributed by atoms with E-state index < -0.39 is 0 Å². The van der Waals surface area contributed by atoms with E-state index in [-0.39, 0.29) is 0 Å². The summed E-state index contributed by atoms with van der Waals surface area (Å²) in [5, 5.41) is 5.20. The Labute approximate surface area is 122 Å². The van der Waals surface area contributed by atoms with Gasteiger partial charge in [-0.3, -0.25) is 4.98 Å². The predicted octanol–water partition coefficient (Wildman–Crippen LogP) is 5.34. The molecular weight excluding hydrogens is 254 g/mol. The van der Waals surface area contributed by atoms with Gasteiger partial charge in [-0.05, 0) is 57.5 Å². The fourth-order valence-corrected chi connectivity index (χ4v) is 3.63. The van der Waals surface area contributed by atoms with Crippen LogP contribution >= 0.6 is 0 Å². The van der Waals surface area contributed by atoms with E-state index in [1.165, 1.54) is 49.4 Å². The normalized spacial score (nSPS) is 12.0. The van der Waals surface area contributed by atoms with Gasteiger partial charge in [-0.1, -0.05) is 42.0 Å². The number of hydrogen-bond donors (Lipinski definition) is 0. The summed E-state index contributed by atoms with van der Waals surface area (Å²) < 4.78 is 0. The number of fused-ring (bicyclic) bond motifs is 5. The fourth-order valence-electron chi connectivity index (χ4n) is 3.63. The van der Waals surface area contributed by atoms with Crippen LogP contribution in [0.1, 0.15) is 5.56 Å². The Morgan fingerprint density at radius 1 is 0.810 bits per heavy atom. The summed E-state index contributed by atoms with van der Waals surface area (Å²) in [7, 11) is 0. The van der Waals surface area contributed by atoms with Gasteiger partial charge in [-0.25, -0.2) is 0 Å². The highest BCUT2D eigenvalue weighted by atomic mass is 14.6. The molecule has 0 radical (unpaired) electrons. The van der Waals surface area contributed by atoms with Crippen molar-refractivity contribution in [2.75, 3.05) is 0 Å². The van der Waals surface area contributed by atoms with Crippen LogP contribution in [0.25, 0.3) is 43.8 Å². The van der Waals surface area contributed by atoms with Gasteiger partial charge in [0.1, 0.15) is 0 Å². The highest BCUT2D eigenvalue weighted by molar-refractivity contribution is 6.23. The van der Waals surface area contributed by atoms with Gasteiger partial charge in [0.15, 0.2) is 0 Å². The number of hydrogen-bond acceptors (Lipinski definition) is 1. The summed E-state index contributed by atoms with van der Waals surface area (Å²) in [6.45, 7) is 2.16. The van der Waals surface area contributed by atoms with E-state index in [9.17, 15) is 0 Å². The maximum absolute atomic E-state index is 4.29. The van der Waals surface area contributed by atoms with Crippen LogP contribution in [0.15, 0.2) is 60.9 Å². The van der Waals surface area contributed by atoms with Gasteiger partial charge < -0.3 is 0 Å². The Kier molecular flexibility index (Phi) is 1.95. The van der Waals surface area contributed by atoms with E-state index in [0.29, 0.717) is 0 Å². The van der Waals surface area contributed by atoms with Gasteiger partial charge in [-0.2, -0.15) is 0 Å². The van der Waals surface area contributed by atoms with E-state index in [1.54, 1.807) is 0 Å². The molecule has 1 heteroatoms. The minimum Gasteiger partial charge on any atom is -0.264 e. The standard InChI is InChI=1S/C20H13N/c1-12-5-6-16-17-4-2-3-13-10-14-11-21-8-7-15(14)20(19(13)17)18(16)9-12/h2-11H,1H3. The van der Waals surface area contributed by atoms with E-state index in [2.05, 4.69) is 60.4 Å². The summed E-state index contributed by atoms with van der Waals surface area (Å²) in [5.74, 6) is 0. The number of aryl methyl sites for hydroxylation is 1. The molecule has 3 aromatic carbocycles. The van der Waals surface area contributed by atoms with E-state index in [4.69, 9.17) is 0 Å². The second-order valence-corrected chi connectivity index (χ2v) is 5.80. The van der Waals surface area contributed by atoms with Gasteiger partial charge in [0.2, 0.25) is 0 Å². The van der Waals surface area contributed by atoms with Crippen molar-refractivity contribution in [3.8, 4) is 22.3 Å². The molecule has 5 rings (SSSR count). The maximum atomic E-state index is 4.29. The monoisotopic (exact) mass is 267 g/mol. The van der Waals surface area contributed by atoms with E-state index in [0.717, 1.165) is 0 Å². The average molecular weight is 267 g/mol. The molecule has 0 bridgehead atoms. The lowest BCUT2D eigenvalue weighted by Crippen LogP contribution is -1.83. The van der Waals surface area contributed by atoms with Crippen molar-refractivity contribution < 1.29 is 0 Å². The molecule has 1 aliphatic carbocycles. The van der Waals surface area contributed by atoms with Gasteiger partial charge in [0, 0.05) is 17.8 Å². The molecule has 0 fully saturated rings. The van der Waals surface area contributed by atoms with Crippen LogP contribution in [0.4, 0.5) is 0 Å². The first-order valence-electron chi connectivity index (χ1n) is 7.24. The summed E-state index contributed by atoms with van der Waals surface area (Å²) in [5.41, 5.74) is 6.75. The Bertz CT molecular complexity index is 1040. The molecule has 98 valence electrons.